The largest absolute Gasteiger partial charge is 0.451 e. The fourth-order valence-corrected chi connectivity index (χ4v) is 4.48. The molecule has 2 saturated heterocycles. The highest BCUT2D eigenvalue weighted by molar-refractivity contribution is 7.89. The summed E-state index contributed by atoms with van der Waals surface area (Å²) in [7, 11) is -2.11. The molecule has 3 heterocycles. The molecule has 1 amide bonds. The minimum absolute atomic E-state index is 0.154. The molecule has 3 N–H and O–H groups in total. The maximum atomic E-state index is 12.4. The minimum atomic E-state index is -3.47. The fourth-order valence-electron chi connectivity index (χ4n) is 3.75. The van der Waals surface area contributed by atoms with Gasteiger partial charge < -0.3 is 15.1 Å². The quantitative estimate of drug-likeness (QED) is 0.735. The Balaban J connectivity index is 1.46. The second-order valence-corrected chi connectivity index (χ2v) is 8.65. The number of fused-ring (bicyclic) bond motifs is 2. The average Bonchev–Trinajstić information content (AvgIpc) is 3.38. The number of benzene rings is 1. The van der Waals surface area contributed by atoms with E-state index in [1.165, 1.54) is 25.6 Å². The first-order chi connectivity index (χ1) is 12.5. The predicted molar refractivity (Wildman–Crippen MR) is 96.2 cm³/mol. The Labute approximate surface area is 152 Å². The van der Waals surface area contributed by atoms with Gasteiger partial charge in [-0.2, -0.15) is 0 Å². The first kappa shape index (κ1) is 17.3. The van der Waals surface area contributed by atoms with Crippen molar-refractivity contribution in [1.82, 2.24) is 15.4 Å². The van der Waals surface area contributed by atoms with Crippen LogP contribution in [0.3, 0.4) is 0 Å². The van der Waals surface area contributed by atoms with Crippen LogP contribution < -0.4 is 15.4 Å². The lowest BCUT2D eigenvalue weighted by molar-refractivity contribution is 0.0903. The van der Waals surface area contributed by atoms with Crippen molar-refractivity contribution in [3.8, 4) is 11.3 Å². The van der Waals surface area contributed by atoms with Crippen molar-refractivity contribution in [1.29, 1.82) is 0 Å². The molecule has 0 aliphatic carbocycles. The number of carbonyl (C=O) groups excluding carboxylic acids is 1. The molecular weight excluding hydrogens is 354 g/mol. The van der Waals surface area contributed by atoms with Crippen LogP contribution in [0.15, 0.2) is 45.7 Å². The molecule has 8 heteroatoms. The molecular formula is C18H21N3O4S. The summed E-state index contributed by atoms with van der Waals surface area (Å²) in [6, 6.07) is 10.7. The Bertz CT molecular complexity index is 920. The zero-order valence-corrected chi connectivity index (χ0v) is 15.2. The molecule has 3 atom stereocenters. The van der Waals surface area contributed by atoms with Gasteiger partial charge in [0.15, 0.2) is 5.76 Å². The van der Waals surface area contributed by atoms with E-state index in [0.29, 0.717) is 23.4 Å². The van der Waals surface area contributed by atoms with E-state index in [-0.39, 0.29) is 22.6 Å². The van der Waals surface area contributed by atoms with E-state index in [9.17, 15) is 13.2 Å². The Morgan fingerprint density at radius 2 is 1.92 bits per heavy atom. The Morgan fingerprint density at radius 1 is 1.15 bits per heavy atom. The molecule has 2 fully saturated rings. The van der Waals surface area contributed by atoms with Crippen LogP contribution in [0.5, 0.6) is 0 Å². The zero-order chi connectivity index (χ0) is 18.3. The van der Waals surface area contributed by atoms with Crippen LogP contribution in [0.1, 0.15) is 29.8 Å². The van der Waals surface area contributed by atoms with E-state index in [1.807, 2.05) is 0 Å². The van der Waals surface area contributed by atoms with Crippen molar-refractivity contribution < 1.29 is 17.6 Å². The Kier molecular flexibility index (Phi) is 4.34. The van der Waals surface area contributed by atoms with Crippen LogP contribution in [0.4, 0.5) is 0 Å². The molecule has 4 rings (SSSR count). The summed E-state index contributed by atoms with van der Waals surface area (Å²) in [5.74, 6) is 0.564. The molecule has 26 heavy (non-hydrogen) atoms. The highest BCUT2D eigenvalue weighted by Gasteiger charge is 2.39. The van der Waals surface area contributed by atoms with E-state index in [4.69, 9.17) is 4.42 Å². The zero-order valence-electron chi connectivity index (χ0n) is 14.4. The molecule has 3 unspecified atom stereocenters. The lowest BCUT2D eigenvalue weighted by Crippen LogP contribution is -2.42. The van der Waals surface area contributed by atoms with Gasteiger partial charge in [0.2, 0.25) is 10.0 Å². The first-order valence-corrected chi connectivity index (χ1v) is 10.2. The normalized spacial score (nSPS) is 24.7. The van der Waals surface area contributed by atoms with Gasteiger partial charge in [0.05, 0.1) is 4.90 Å². The summed E-state index contributed by atoms with van der Waals surface area (Å²) in [5, 5.41) is 6.53. The standard InChI is InChI=1S/C18H21N3O4S/c1-19-26(23,24)13-5-2-11(3-6-13)16-8-9-17(25-16)18(22)21-15-10-12-4-7-14(15)20-12/h2-3,5-6,8-9,12,14-15,19-20H,4,7,10H2,1H3,(H,21,22). The number of hydrogen-bond acceptors (Lipinski definition) is 5. The SMILES string of the molecule is CNS(=O)(=O)c1ccc(-c2ccc(C(=O)NC3CC4CCC3N4)o2)cc1. The highest BCUT2D eigenvalue weighted by atomic mass is 32.2. The fraction of sp³-hybridized carbons (Fsp3) is 0.389. The minimum Gasteiger partial charge on any atom is -0.451 e. The second-order valence-electron chi connectivity index (χ2n) is 6.76. The van der Waals surface area contributed by atoms with Gasteiger partial charge >= 0.3 is 0 Å². The Morgan fingerprint density at radius 3 is 2.54 bits per heavy atom. The molecule has 2 bridgehead atoms. The summed E-state index contributed by atoms with van der Waals surface area (Å²) < 4.78 is 31.5. The van der Waals surface area contributed by atoms with Crippen molar-refractivity contribution >= 4 is 15.9 Å². The number of furan rings is 1. The van der Waals surface area contributed by atoms with Gasteiger partial charge in [0.25, 0.3) is 5.91 Å². The third kappa shape index (κ3) is 3.15. The van der Waals surface area contributed by atoms with Gasteiger partial charge in [-0.05, 0) is 62.7 Å². The molecule has 0 saturated carbocycles. The summed E-state index contributed by atoms with van der Waals surface area (Å²) in [5.41, 5.74) is 0.709. The number of rotatable bonds is 5. The topological polar surface area (TPSA) is 100 Å². The molecule has 2 aliphatic rings. The van der Waals surface area contributed by atoms with Crippen LogP contribution in [0.25, 0.3) is 11.3 Å². The van der Waals surface area contributed by atoms with Crippen molar-refractivity contribution in [2.75, 3.05) is 7.05 Å². The van der Waals surface area contributed by atoms with Crippen LogP contribution in [-0.2, 0) is 10.0 Å². The molecule has 2 aliphatic heterocycles. The third-order valence-electron chi connectivity index (χ3n) is 5.16. The lowest BCUT2D eigenvalue weighted by Gasteiger charge is -2.20. The number of carbonyl (C=O) groups is 1. The third-order valence-corrected chi connectivity index (χ3v) is 6.59. The molecule has 0 spiro atoms. The van der Waals surface area contributed by atoms with E-state index in [2.05, 4.69) is 15.4 Å². The van der Waals surface area contributed by atoms with Crippen molar-refractivity contribution in [3.63, 3.8) is 0 Å². The van der Waals surface area contributed by atoms with Crippen LogP contribution in [-0.4, -0.2) is 39.5 Å². The van der Waals surface area contributed by atoms with Gasteiger partial charge in [0.1, 0.15) is 5.76 Å². The van der Waals surface area contributed by atoms with Gasteiger partial charge in [-0.1, -0.05) is 0 Å². The van der Waals surface area contributed by atoms with Crippen molar-refractivity contribution in [2.24, 2.45) is 0 Å². The van der Waals surface area contributed by atoms with Gasteiger partial charge in [0, 0.05) is 23.7 Å². The Hall–Kier alpha value is -2.16. The van der Waals surface area contributed by atoms with Crippen molar-refractivity contribution in [3.05, 3.63) is 42.2 Å². The van der Waals surface area contributed by atoms with Gasteiger partial charge in [-0.25, -0.2) is 13.1 Å². The summed E-state index contributed by atoms with van der Waals surface area (Å²) in [6.07, 6.45) is 3.24. The van der Waals surface area contributed by atoms with Crippen LogP contribution >= 0.6 is 0 Å². The predicted octanol–water partition coefficient (Wildman–Crippen LogP) is 1.48. The lowest BCUT2D eigenvalue weighted by atomic mass is 9.95. The average molecular weight is 375 g/mol. The van der Waals surface area contributed by atoms with Crippen molar-refractivity contribution in [2.45, 2.75) is 42.3 Å². The second kappa shape index (κ2) is 6.53. The van der Waals surface area contributed by atoms with Crippen LogP contribution in [0.2, 0.25) is 0 Å². The first-order valence-electron chi connectivity index (χ1n) is 8.67. The maximum Gasteiger partial charge on any atom is 0.287 e. The smallest absolute Gasteiger partial charge is 0.287 e. The maximum absolute atomic E-state index is 12.4. The number of amides is 1. The van der Waals surface area contributed by atoms with E-state index in [1.54, 1.807) is 24.3 Å². The molecule has 1 aromatic carbocycles. The van der Waals surface area contributed by atoms with Gasteiger partial charge in [-0.15, -0.1) is 0 Å². The summed E-state index contributed by atoms with van der Waals surface area (Å²) in [6.45, 7) is 0. The summed E-state index contributed by atoms with van der Waals surface area (Å²) in [4.78, 5) is 12.6. The molecule has 7 nitrogen and oxygen atoms in total. The molecule has 0 radical (unpaired) electrons. The monoisotopic (exact) mass is 375 g/mol. The molecule has 1 aromatic heterocycles. The number of sulfonamides is 1. The number of hydrogen-bond donors (Lipinski definition) is 3. The number of nitrogens with one attached hydrogen (secondary N) is 3. The van der Waals surface area contributed by atoms with E-state index >= 15 is 0 Å². The van der Waals surface area contributed by atoms with Crippen LogP contribution in [0, 0.1) is 0 Å². The van der Waals surface area contributed by atoms with E-state index < -0.39 is 10.0 Å². The summed E-state index contributed by atoms with van der Waals surface area (Å²) >= 11 is 0. The van der Waals surface area contributed by atoms with Gasteiger partial charge in [-0.3, -0.25) is 4.79 Å². The molecule has 138 valence electrons. The van der Waals surface area contributed by atoms with E-state index in [0.717, 1.165) is 12.8 Å². The molecule has 2 aromatic rings. The highest BCUT2D eigenvalue weighted by Crippen LogP contribution is 2.29.